The molecule has 1 aromatic carbocycles. The average molecular weight is 514 g/mol. The molecule has 3 aromatic rings. The number of benzene rings is 1. The highest BCUT2D eigenvalue weighted by atomic mass is 32.2. The number of nitrogens with zero attached hydrogens (tertiary/aromatic N) is 1. The maximum Gasteiger partial charge on any atom is 0.218 e. The van der Waals surface area contributed by atoms with Crippen LogP contribution in [0.1, 0.15) is 43.4 Å². The summed E-state index contributed by atoms with van der Waals surface area (Å²) < 4.78 is 50.9. The van der Waals surface area contributed by atoms with Crippen LogP contribution in [0.2, 0.25) is 0 Å². The van der Waals surface area contributed by atoms with E-state index in [-0.39, 0.29) is 17.9 Å². The van der Waals surface area contributed by atoms with Gasteiger partial charge in [-0.05, 0) is 78.6 Å². The van der Waals surface area contributed by atoms with Gasteiger partial charge >= 0.3 is 0 Å². The Bertz CT molecular complexity index is 1430. The number of ether oxygens (including phenoxy) is 1. The van der Waals surface area contributed by atoms with E-state index >= 15 is 0 Å². The largest absolute Gasteiger partial charge is 0.481 e. The summed E-state index contributed by atoms with van der Waals surface area (Å²) in [6.07, 6.45) is 4.28. The van der Waals surface area contributed by atoms with Gasteiger partial charge in [-0.3, -0.25) is 4.79 Å². The number of halogens is 1. The molecule has 0 unspecified atom stereocenters. The summed E-state index contributed by atoms with van der Waals surface area (Å²) in [4.78, 5) is 17.2. The van der Waals surface area contributed by atoms with E-state index in [2.05, 4.69) is 11.6 Å². The van der Waals surface area contributed by atoms with Crippen LogP contribution in [-0.2, 0) is 26.7 Å². The molecule has 0 amide bonds. The monoisotopic (exact) mass is 513 g/mol. The Balaban J connectivity index is 1.71. The molecule has 0 bridgehead atoms. The van der Waals surface area contributed by atoms with E-state index in [0.29, 0.717) is 28.1 Å². The smallest absolute Gasteiger partial charge is 0.218 e. The van der Waals surface area contributed by atoms with Crippen molar-refractivity contribution in [2.45, 2.75) is 43.8 Å². The molecule has 1 N–H and O–H groups in total. The number of Topliss-reactive ketones (excluding diaryl/α,β-unsaturated/α-hetero) is 1. The molecule has 190 valence electrons. The molecule has 1 aliphatic rings. The fourth-order valence-corrected chi connectivity index (χ4v) is 5.21. The zero-order chi connectivity index (χ0) is 26.3. The number of ketones is 1. The Kier molecular flexibility index (Phi) is 6.90. The normalized spacial score (nSPS) is 14.0. The third kappa shape index (κ3) is 5.57. The SMILES string of the molecule is C=C(c1cc(F)cc(-c2ccnc(OC)c2)c1CC(=O)CS(=O)(=O)c1cc(C(C)(C)O)co1)C1CC1. The van der Waals surface area contributed by atoms with Gasteiger partial charge in [0.25, 0.3) is 0 Å². The van der Waals surface area contributed by atoms with E-state index in [1.54, 1.807) is 12.1 Å². The van der Waals surface area contributed by atoms with Crippen molar-refractivity contribution in [2.24, 2.45) is 5.92 Å². The Morgan fingerprint density at radius 2 is 2.00 bits per heavy atom. The van der Waals surface area contributed by atoms with Crippen LogP contribution in [0.15, 0.2) is 58.9 Å². The van der Waals surface area contributed by atoms with Gasteiger partial charge in [-0.1, -0.05) is 6.58 Å². The van der Waals surface area contributed by atoms with Gasteiger partial charge in [0.15, 0.2) is 5.78 Å². The van der Waals surface area contributed by atoms with Crippen molar-refractivity contribution in [3.8, 4) is 17.0 Å². The molecule has 9 heteroatoms. The number of sulfone groups is 1. The first-order valence-electron chi connectivity index (χ1n) is 11.5. The molecule has 36 heavy (non-hydrogen) atoms. The lowest BCUT2D eigenvalue weighted by atomic mass is 9.88. The summed E-state index contributed by atoms with van der Waals surface area (Å²) in [5.74, 6) is -1.37. The summed E-state index contributed by atoms with van der Waals surface area (Å²) in [5.41, 5.74) is 1.74. The number of hydrogen-bond acceptors (Lipinski definition) is 7. The first-order chi connectivity index (χ1) is 16.9. The van der Waals surface area contributed by atoms with E-state index in [1.807, 2.05) is 0 Å². The van der Waals surface area contributed by atoms with Crippen molar-refractivity contribution in [1.82, 2.24) is 4.98 Å². The number of allylic oxidation sites excluding steroid dienone is 1. The van der Waals surface area contributed by atoms with Gasteiger partial charge in [-0.15, -0.1) is 0 Å². The van der Waals surface area contributed by atoms with Crippen LogP contribution < -0.4 is 4.74 Å². The van der Waals surface area contributed by atoms with Gasteiger partial charge in [0.05, 0.1) is 19.0 Å². The van der Waals surface area contributed by atoms with E-state index in [0.717, 1.165) is 24.7 Å². The highest BCUT2D eigenvalue weighted by Crippen LogP contribution is 2.44. The molecule has 4 rings (SSSR count). The van der Waals surface area contributed by atoms with Gasteiger partial charge in [0.1, 0.15) is 11.6 Å². The molecule has 0 saturated heterocycles. The fraction of sp³-hybridized carbons (Fsp3) is 0.333. The first kappa shape index (κ1) is 25.8. The molecular weight excluding hydrogens is 485 g/mol. The minimum atomic E-state index is -4.11. The van der Waals surface area contributed by atoms with Gasteiger partial charge in [-0.2, -0.15) is 0 Å². The number of aliphatic hydroxyl groups is 1. The van der Waals surface area contributed by atoms with Crippen molar-refractivity contribution in [3.63, 3.8) is 0 Å². The molecule has 1 fully saturated rings. The van der Waals surface area contributed by atoms with Crippen LogP contribution in [-0.4, -0.2) is 37.2 Å². The van der Waals surface area contributed by atoms with E-state index in [1.165, 1.54) is 45.4 Å². The Hall–Kier alpha value is -3.30. The van der Waals surface area contributed by atoms with E-state index < -0.39 is 37.9 Å². The lowest BCUT2D eigenvalue weighted by Crippen LogP contribution is -2.19. The fourth-order valence-electron chi connectivity index (χ4n) is 4.04. The quantitative estimate of drug-likeness (QED) is 0.418. The van der Waals surface area contributed by atoms with Crippen molar-refractivity contribution in [2.75, 3.05) is 12.9 Å². The van der Waals surface area contributed by atoms with Gasteiger partial charge in [0.2, 0.25) is 20.8 Å². The molecule has 1 aliphatic carbocycles. The van der Waals surface area contributed by atoms with Crippen LogP contribution in [0.25, 0.3) is 16.7 Å². The van der Waals surface area contributed by atoms with E-state index in [4.69, 9.17) is 9.15 Å². The van der Waals surface area contributed by atoms with Crippen molar-refractivity contribution in [1.29, 1.82) is 0 Å². The lowest BCUT2D eigenvalue weighted by Gasteiger charge is -2.17. The van der Waals surface area contributed by atoms with Crippen molar-refractivity contribution >= 4 is 21.2 Å². The standard InChI is InChI=1S/C27H28FNO6S/c1-16(17-5-6-17)22-11-20(28)12-23(18-7-8-29-25(9-18)34-4)24(22)13-21(30)15-36(32,33)26-10-19(14-35-26)27(2,3)31/h7-12,14,17,31H,1,5-6,13,15H2,2-4H3. The Morgan fingerprint density at radius 3 is 2.61 bits per heavy atom. The molecular formula is C27H28FNO6S. The number of methoxy groups -OCH3 is 1. The number of rotatable bonds is 10. The van der Waals surface area contributed by atoms with Gasteiger partial charge in [0, 0.05) is 30.3 Å². The summed E-state index contributed by atoms with van der Waals surface area (Å²) in [7, 11) is -2.64. The molecule has 0 radical (unpaired) electrons. The molecule has 0 atom stereocenters. The topological polar surface area (TPSA) is 107 Å². The minimum Gasteiger partial charge on any atom is -0.481 e. The average Bonchev–Trinajstić information content (AvgIpc) is 3.52. The summed E-state index contributed by atoms with van der Waals surface area (Å²) in [5, 5.41) is 9.71. The van der Waals surface area contributed by atoms with Crippen LogP contribution >= 0.6 is 0 Å². The second-order valence-corrected chi connectivity index (χ2v) is 11.5. The minimum absolute atomic E-state index is 0.201. The maximum atomic E-state index is 14.7. The second-order valence-electron chi connectivity index (χ2n) is 9.55. The molecule has 0 aliphatic heterocycles. The third-order valence-electron chi connectivity index (χ3n) is 6.20. The zero-order valence-electron chi connectivity index (χ0n) is 20.4. The molecule has 2 aromatic heterocycles. The highest BCUT2D eigenvalue weighted by molar-refractivity contribution is 7.92. The maximum absolute atomic E-state index is 14.7. The van der Waals surface area contributed by atoms with Crippen LogP contribution in [0.5, 0.6) is 5.88 Å². The number of aromatic nitrogens is 1. The predicted octanol–water partition coefficient (Wildman–Crippen LogP) is 4.73. The number of hydrogen-bond donors (Lipinski definition) is 1. The molecule has 2 heterocycles. The zero-order valence-corrected chi connectivity index (χ0v) is 21.2. The third-order valence-corrected chi connectivity index (χ3v) is 7.73. The molecule has 1 saturated carbocycles. The molecule has 7 nitrogen and oxygen atoms in total. The number of carbonyl (C=O) groups excluding carboxylic acids is 1. The second kappa shape index (κ2) is 9.63. The predicted molar refractivity (Wildman–Crippen MR) is 133 cm³/mol. The summed E-state index contributed by atoms with van der Waals surface area (Å²) in [6, 6.07) is 7.19. The number of carbonyl (C=O) groups is 1. The van der Waals surface area contributed by atoms with Crippen LogP contribution in [0.4, 0.5) is 4.39 Å². The van der Waals surface area contributed by atoms with Crippen molar-refractivity contribution < 1.29 is 31.9 Å². The number of furan rings is 1. The molecule has 0 spiro atoms. The first-order valence-corrected chi connectivity index (χ1v) is 13.1. The van der Waals surface area contributed by atoms with Crippen molar-refractivity contribution in [3.05, 3.63) is 71.9 Å². The van der Waals surface area contributed by atoms with Gasteiger partial charge in [-0.25, -0.2) is 17.8 Å². The summed E-state index contributed by atoms with van der Waals surface area (Å²) in [6.45, 7) is 7.14. The summed E-state index contributed by atoms with van der Waals surface area (Å²) >= 11 is 0. The Morgan fingerprint density at radius 1 is 1.28 bits per heavy atom. The Labute approximate surface area is 209 Å². The van der Waals surface area contributed by atoms with E-state index in [9.17, 15) is 22.7 Å². The van der Waals surface area contributed by atoms with Crippen LogP contribution in [0.3, 0.4) is 0 Å². The lowest BCUT2D eigenvalue weighted by molar-refractivity contribution is -0.116. The van der Waals surface area contributed by atoms with Gasteiger partial charge < -0.3 is 14.3 Å². The number of pyridine rings is 1. The van der Waals surface area contributed by atoms with Crippen LogP contribution in [0, 0.1) is 11.7 Å². The highest BCUT2D eigenvalue weighted by Gasteiger charge is 2.31.